The maximum Gasteiger partial charge on any atom is 0.248 e. The normalized spacial score (nSPS) is 11.1. The molecule has 2 heterocycles. The van der Waals surface area contributed by atoms with E-state index in [0.717, 1.165) is 19.5 Å². The lowest BCUT2D eigenvalue weighted by molar-refractivity contribution is 0.528. The largest absolute Gasteiger partial charge is 0.420 e. The van der Waals surface area contributed by atoms with Crippen LogP contribution in [-0.4, -0.2) is 26.4 Å². The van der Waals surface area contributed by atoms with E-state index in [2.05, 4.69) is 55.5 Å². The zero-order valence-electron chi connectivity index (χ0n) is 12.5. The molecule has 0 saturated carbocycles. The summed E-state index contributed by atoms with van der Waals surface area (Å²) in [6.07, 6.45) is 0. The van der Waals surface area contributed by atoms with Crippen LogP contribution in [0, 0.1) is 0 Å². The fourth-order valence-corrected chi connectivity index (χ4v) is 3.94. The number of benzene rings is 1. The van der Waals surface area contributed by atoms with Gasteiger partial charge in [-0.1, -0.05) is 35.2 Å². The van der Waals surface area contributed by atoms with Crippen molar-refractivity contribution in [3.63, 3.8) is 0 Å². The van der Waals surface area contributed by atoms with Gasteiger partial charge in [-0.15, -0.1) is 20.4 Å². The van der Waals surface area contributed by atoms with Gasteiger partial charge < -0.3 is 9.73 Å². The van der Waals surface area contributed by atoms with Crippen LogP contribution < -0.4 is 5.32 Å². The first-order chi connectivity index (χ1) is 11.1. The predicted octanol–water partition coefficient (Wildman–Crippen LogP) is 4.46. The molecule has 0 radical (unpaired) electrons. The van der Waals surface area contributed by atoms with Gasteiger partial charge >= 0.3 is 0 Å². The van der Waals surface area contributed by atoms with Crippen molar-refractivity contribution in [2.45, 2.75) is 30.0 Å². The maximum absolute atomic E-state index is 5.71. The lowest BCUT2D eigenvalue weighted by Gasteiger charge is -2.02. The highest BCUT2D eigenvalue weighted by atomic mass is 79.9. The summed E-state index contributed by atoms with van der Waals surface area (Å²) in [4.78, 5) is 0. The Bertz CT molecular complexity index is 789. The molecule has 0 amide bonds. The van der Waals surface area contributed by atoms with E-state index in [1.54, 1.807) is 0 Å². The number of hydrogen-bond donors (Lipinski definition) is 1. The van der Waals surface area contributed by atoms with E-state index >= 15 is 0 Å². The van der Waals surface area contributed by atoms with Gasteiger partial charge in [0.1, 0.15) is 0 Å². The second-order valence-corrected chi connectivity index (χ2v) is 8.00. The predicted molar refractivity (Wildman–Crippen MR) is 95.7 cm³/mol. The number of hydrogen-bond acceptors (Lipinski definition) is 8. The summed E-state index contributed by atoms with van der Waals surface area (Å²) in [5.74, 6) is 1.63. The average molecular weight is 412 g/mol. The molecule has 1 aromatic carbocycles. The first kappa shape index (κ1) is 16.4. The van der Waals surface area contributed by atoms with Crippen molar-refractivity contribution in [3.8, 4) is 11.5 Å². The molecular formula is C14H14BrN5OS2. The third-order valence-corrected chi connectivity index (χ3v) is 5.37. The number of rotatable bonds is 6. The molecule has 9 heteroatoms. The minimum Gasteiger partial charge on any atom is -0.420 e. The molecular weight excluding hydrogens is 398 g/mol. The van der Waals surface area contributed by atoms with Gasteiger partial charge in [0, 0.05) is 10.5 Å². The molecule has 0 atom stereocenters. The first-order valence-corrected chi connectivity index (χ1v) is 9.51. The molecule has 0 aliphatic carbocycles. The summed E-state index contributed by atoms with van der Waals surface area (Å²) in [5, 5.41) is 20.5. The van der Waals surface area contributed by atoms with Crippen LogP contribution in [0.5, 0.6) is 0 Å². The molecule has 1 N–H and O–H groups in total. The number of nitrogens with one attached hydrogen (secondary N) is 1. The topological polar surface area (TPSA) is 76.7 Å². The van der Waals surface area contributed by atoms with Gasteiger partial charge in [0.2, 0.25) is 16.9 Å². The van der Waals surface area contributed by atoms with Crippen molar-refractivity contribution < 1.29 is 4.42 Å². The van der Waals surface area contributed by atoms with E-state index in [0.29, 0.717) is 23.6 Å². The number of thioether (sulfide) groups is 1. The lowest BCUT2D eigenvalue weighted by atomic mass is 10.2. The van der Waals surface area contributed by atoms with Crippen LogP contribution in [0.15, 0.2) is 37.5 Å². The molecule has 0 aliphatic rings. The van der Waals surface area contributed by atoms with Crippen molar-refractivity contribution in [2.24, 2.45) is 0 Å². The van der Waals surface area contributed by atoms with E-state index < -0.39 is 0 Å². The smallest absolute Gasteiger partial charge is 0.248 e. The number of aromatic nitrogens is 4. The second kappa shape index (κ2) is 7.41. The molecule has 0 saturated heterocycles. The van der Waals surface area contributed by atoms with Gasteiger partial charge in [-0.3, -0.25) is 0 Å². The third kappa shape index (κ3) is 4.30. The van der Waals surface area contributed by atoms with Crippen molar-refractivity contribution in [3.05, 3.63) is 34.6 Å². The van der Waals surface area contributed by atoms with Crippen LogP contribution in [0.25, 0.3) is 11.5 Å². The van der Waals surface area contributed by atoms with Gasteiger partial charge in [-0.05, 0) is 41.9 Å². The van der Waals surface area contributed by atoms with Gasteiger partial charge in [0.25, 0.3) is 0 Å². The van der Waals surface area contributed by atoms with Gasteiger partial charge in [-0.25, -0.2) is 0 Å². The Hall–Kier alpha value is -1.45. The molecule has 120 valence electrons. The van der Waals surface area contributed by atoms with E-state index in [-0.39, 0.29) is 0 Å². The maximum atomic E-state index is 5.71. The Morgan fingerprint density at radius 3 is 2.83 bits per heavy atom. The van der Waals surface area contributed by atoms with Crippen molar-refractivity contribution in [2.75, 3.05) is 5.32 Å². The van der Waals surface area contributed by atoms with E-state index in [9.17, 15) is 0 Å². The Kier molecular flexibility index (Phi) is 5.29. The summed E-state index contributed by atoms with van der Waals surface area (Å²) >= 11 is 6.53. The Morgan fingerprint density at radius 2 is 2.04 bits per heavy atom. The highest BCUT2D eigenvalue weighted by Gasteiger charge is 2.13. The number of anilines is 1. The fraction of sp³-hybridized carbons (Fsp3) is 0.286. The zero-order valence-corrected chi connectivity index (χ0v) is 15.7. The molecule has 3 rings (SSSR count). The molecule has 0 fully saturated rings. The minimum absolute atomic E-state index is 0.337. The zero-order chi connectivity index (χ0) is 16.2. The molecule has 0 bridgehead atoms. The molecule has 0 unspecified atom stereocenters. The van der Waals surface area contributed by atoms with Crippen LogP contribution in [-0.2, 0) is 5.75 Å². The Balaban J connectivity index is 1.63. The van der Waals surface area contributed by atoms with Gasteiger partial charge in [0.05, 0.1) is 11.3 Å². The summed E-state index contributed by atoms with van der Waals surface area (Å²) in [7, 11) is 0. The average Bonchev–Trinajstić information content (AvgIpc) is 3.14. The van der Waals surface area contributed by atoms with E-state index in [1.807, 2.05) is 24.3 Å². The minimum atomic E-state index is 0.337. The Morgan fingerprint density at radius 1 is 1.22 bits per heavy atom. The molecule has 23 heavy (non-hydrogen) atoms. The molecule has 0 aliphatic heterocycles. The fourth-order valence-electron chi connectivity index (χ4n) is 1.75. The summed E-state index contributed by atoms with van der Waals surface area (Å²) in [6.45, 7) is 4.13. The van der Waals surface area contributed by atoms with E-state index in [1.165, 1.54) is 23.1 Å². The van der Waals surface area contributed by atoms with Crippen LogP contribution in [0.3, 0.4) is 0 Å². The molecule has 2 aromatic heterocycles. The standard InChI is InChI=1S/C14H14BrN5OS2/c1-8(2)16-13-19-20-14(23-13)22-7-11-17-18-12(21-11)9-5-3-4-6-10(9)15/h3-6,8H,7H2,1-2H3,(H,16,19). The molecule has 0 spiro atoms. The highest BCUT2D eigenvalue weighted by molar-refractivity contribution is 9.10. The first-order valence-electron chi connectivity index (χ1n) is 6.92. The van der Waals surface area contributed by atoms with Crippen LogP contribution in [0.2, 0.25) is 0 Å². The monoisotopic (exact) mass is 411 g/mol. The SMILES string of the molecule is CC(C)Nc1nnc(SCc2nnc(-c3ccccc3Br)o2)s1. The Labute approximate surface area is 150 Å². The lowest BCUT2D eigenvalue weighted by Crippen LogP contribution is -2.08. The summed E-state index contributed by atoms with van der Waals surface area (Å²) in [5.41, 5.74) is 0.885. The van der Waals surface area contributed by atoms with Crippen LogP contribution in [0.4, 0.5) is 5.13 Å². The number of halogens is 1. The van der Waals surface area contributed by atoms with Crippen molar-refractivity contribution >= 4 is 44.2 Å². The van der Waals surface area contributed by atoms with Gasteiger partial charge in [0.15, 0.2) is 4.34 Å². The summed E-state index contributed by atoms with van der Waals surface area (Å²) in [6, 6.07) is 8.09. The molecule has 3 aromatic rings. The molecule has 6 nitrogen and oxygen atoms in total. The van der Waals surface area contributed by atoms with Crippen molar-refractivity contribution in [1.82, 2.24) is 20.4 Å². The van der Waals surface area contributed by atoms with Crippen LogP contribution >= 0.6 is 39.0 Å². The quantitative estimate of drug-likeness (QED) is 0.599. The van der Waals surface area contributed by atoms with Crippen LogP contribution in [0.1, 0.15) is 19.7 Å². The second-order valence-electron chi connectivity index (χ2n) is 4.94. The highest BCUT2D eigenvalue weighted by Crippen LogP contribution is 2.30. The number of nitrogens with zero attached hydrogens (tertiary/aromatic N) is 4. The summed E-state index contributed by atoms with van der Waals surface area (Å²) < 4.78 is 7.51. The van der Waals surface area contributed by atoms with E-state index in [4.69, 9.17) is 4.42 Å². The van der Waals surface area contributed by atoms with Gasteiger partial charge in [-0.2, -0.15) is 0 Å². The van der Waals surface area contributed by atoms with Crippen molar-refractivity contribution in [1.29, 1.82) is 0 Å². The third-order valence-electron chi connectivity index (χ3n) is 2.71.